The highest BCUT2D eigenvalue weighted by Gasteiger charge is 2.29. The summed E-state index contributed by atoms with van der Waals surface area (Å²) in [4.78, 5) is 24.2. The van der Waals surface area contributed by atoms with Crippen LogP contribution in [-0.2, 0) is 9.53 Å². The Labute approximate surface area is 159 Å². The van der Waals surface area contributed by atoms with E-state index in [2.05, 4.69) is 21.3 Å². The molecule has 1 atom stereocenters. The number of hydrogen-bond acceptors (Lipinski definition) is 6. The molecule has 142 valence electrons. The van der Waals surface area contributed by atoms with Crippen LogP contribution in [-0.4, -0.2) is 49.2 Å². The third kappa shape index (κ3) is 4.52. The number of aromatic nitrogens is 2. The number of methoxy groups -OCH3 is 1. The van der Waals surface area contributed by atoms with Crippen molar-refractivity contribution < 1.29 is 9.53 Å². The molecule has 0 radical (unpaired) electrons. The number of piperidine rings is 1. The summed E-state index contributed by atoms with van der Waals surface area (Å²) in [6.07, 6.45) is 4.04. The Kier molecular flexibility index (Phi) is 6.55. The van der Waals surface area contributed by atoms with E-state index in [1.807, 2.05) is 24.3 Å². The molecule has 2 heterocycles. The van der Waals surface area contributed by atoms with Crippen molar-refractivity contribution in [3.8, 4) is 6.07 Å². The largest absolute Gasteiger partial charge is 0.385 e. The fraction of sp³-hybridized carbons (Fsp3) is 0.500. The number of fused-ring (bicyclic) bond motifs is 1. The van der Waals surface area contributed by atoms with Crippen LogP contribution in [0.2, 0.25) is 0 Å². The smallest absolute Gasteiger partial charge is 0.243 e. The molecule has 1 saturated heterocycles. The molecule has 1 fully saturated rings. The number of nitriles is 1. The SMILES string of the molecule is COCCCNC(=O)[C@@H](C#N)c1nc2ccccc2nc1N1CCCCC1. The van der Waals surface area contributed by atoms with Crippen LogP contribution >= 0.6 is 0 Å². The van der Waals surface area contributed by atoms with Gasteiger partial charge in [-0.2, -0.15) is 5.26 Å². The predicted octanol–water partition coefficient (Wildman–Crippen LogP) is 2.38. The molecule has 7 nitrogen and oxygen atoms in total. The number of hydrogen-bond donors (Lipinski definition) is 1. The van der Waals surface area contributed by atoms with Gasteiger partial charge in [-0.25, -0.2) is 9.97 Å². The molecule has 0 unspecified atom stereocenters. The summed E-state index contributed by atoms with van der Waals surface area (Å²) < 4.78 is 5.00. The summed E-state index contributed by atoms with van der Waals surface area (Å²) in [5.74, 6) is -0.662. The lowest BCUT2D eigenvalue weighted by Crippen LogP contribution is -2.35. The van der Waals surface area contributed by atoms with Gasteiger partial charge in [-0.15, -0.1) is 0 Å². The topological polar surface area (TPSA) is 91.1 Å². The zero-order valence-corrected chi connectivity index (χ0v) is 15.6. The fourth-order valence-electron chi connectivity index (χ4n) is 3.31. The van der Waals surface area contributed by atoms with Crippen molar-refractivity contribution in [2.75, 3.05) is 38.3 Å². The normalized spacial score (nSPS) is 15.3. The van der Waals surface area contributed by atoms with E-state index in [0.717, 1.165) is 31.4 Å². The zero-order chi connectivity index (χ0) is 19.1. The minimum atomic E-state index is -0.985. The number of para-hydroxylation sites is 2. The molecule has 1 aliphatic heterocycles. The van der Waals surface area contributed by atoms with E-state index in [9.17, 15) is 10.1 Å². The molecule has 7 heteroatoms. The average Bonchev–Trinajstić information content (AvgIpc) is 2.72. The second-order valence-corrected chi connectivity index (χ2v) is 6.67. The van der Waals surface area contributed by atoms with E-state index < -0.39 is 5.92 Å². The quantitative estimate of drug-likeness (QED) is 0.756. The predicted molar refractivity (Wildman–Crippen MR) is 103 cm³/mol. The monoisotopic (exact) mass is 367 g/mol. The van der Waals surface area contributed by atoms with Crippen molar-refractivity contribution in [1.29, 1.82) is 5.26 Å². The minimum Gasteiger partial charge on any atom is -0.385 e. The number of nitrogens with one attached hydrogen (secondary N) is 1. The Balaban J connectivity index is 1.94. The van der Waals surface area contributed by atoms with Crippen molar-refractivity contribution in [2.45, 2.75) is 31.6 Å². The van der Waals surface area contributed by atoms with Crippen molar-refractivity contribution in [3.05, 3.63) is 30.0 Å². The lowest BCUT2D eigenvalue weighted by molar-refractivity contribution is -0.121. The van der Waals surface area contributed by atoms with Crippen LogP contribution < -0.4 is 10.2 Å². The lowest BCUT2D eigenvalue weighted by Gasteiger charge is -2.29. The Hall–Kier alpha value is -2.72. The van der Waals surface area contributed by atoms with Gasteiger partial charge in [0.1, 0.15) is 5.69 Å². The van der Waals surface area contributed by atoms with E-state index >= 15 is 0 Å². The molecule has 3 rings (SSSR count). The number of rotatable bonds is 7. The molecule has 0 bridgehead atoms. The van der Waals surface area contributed by atoms with Crippen molar-refractivity contribution in [1.82, 2.24) is 15.3 Å². The second kappa shape index (κ2) is 9.28. The van der Waals surface area contributed by atoms with E-state index in [1.54, 1.807) is 7.11 Å². The average molecular weight is 367 g/mol. The Morgan fingerprint density at radius 2 is 1.96 bits per heavy atom. The summed E-state index contributed by atoms with van der Waals surface area (Å²) >= 11 is 0. The van der Waals surface area contributed by atoms with Crippen LogP contribution in [0.25, 0.3) is 11.0 Å². The number of benzene rings is 1. The van der Waals surface area contributed by atoms with Gasteiger partial charge in [-0.3, -0.25) is 4.79 Å². The molecule has 1 amide bonds. The van der Waals surface area contributed by atoms with Gasteiger partial charge in [-0.1, -0.05) is 12.1 Å². The van der Waals surface area contributed by atoms with Crippen molar-refractivity contribution in [2.24, 2.45) is 0 Å². The first-order chi connectivity index (χ1) is 13.2. The molecule has 0 spiro atoms. The molecular weight excluding hydrogens is 342 g/mol. The van der Waals surface area contributed by atoms with E-state index in [-0.39, 0.29) is 5.91 Å². The first-order valence-corrected chi connectivity index (χ1v) is 9.42. The first-order valence-electron chi connectivity index (χ1n) is 9.42. The van der Waals surface area contributed by atoms with Gasteiger partial charge in [0, 0.05) is 33.4 Å². The van der Waals surface area contributed by atoms with Gasteiger partial charge >= 0.3 is 0 Å². The third-order valence-electron chi connectivity index (χ3n) is 4.72. The van der Waals surface area contributed by atoms with Gasteiger partial charge in [0.15, 0.2) is 11.7 Å². The van der Waals surface area contributed by atoms with Gasteiger partial charge < -0.3 is 15.0 Å². The highest BCUT2D eigenvalue weighted by Crippen LogP contribution is 2.29. The summed E-state index contributed by atoms with van der Waals surface area (Å²) in [6, 6.07) is 9.70. The maximum atomic E-state index is 12.6. The van der Waals surface area contributed by atoms with Crippen LogP contribution in [0, 0.1) is 11.3 Å². The number of nitrogens with zero attached hydrogens (tertiary/aromatic N) is 4. The summed E-state index contributed by atoms with van der Waals surface area (Å²) in [5.41, 5.74) is 1.92. The van der Waals surface area contributed by atoms with Crippen LogP contribution in [0.5, 0.6) is 0 Å². The zero-order valence-electron chi connectivity index (χ0n) is 15.6. The first kappa shape index (κ1) is 19.1. The molecule has 2 aromatic rings. The molecule has 1 aromatic carbocycles. The highest BCUT2D eigenvalue weighted by atomic mass is 16.5. The highest BCUT2D eigenvalue weighted by molar-refractivity contribution is 5.88. The number of ether oxygens (including phenoxy) is 1. The summed E-state index contributed by atoms with van der Waals surface area (Å²) in [5, 5.41) is 12.5. The Morgan fingerprint density at radius 1 is 1.26 bits per heavy atom. The molecule has 0 saturated carbocycles. The molecule has 1 N–H and O–H groups in total. The van der Waals surface area contributed by atoms with Gasteiger partial charge in [0.2, 0.25) is 5.91 Å². The van der Waals surface area contributed by atoms with Gasteiger partial charge in [0.25, 0.3) is 0 Å². The minimum absolute atomic E-state index is 0.337. The van der Waals surface area contributed by atoms with E-state index in [1.165, 1.54) is 6.42 Å². The maximum absolute atomic E-state index is 12.6. The van der Waals surface area contributed by atoms with Crippen molar-refractivity contribution >= 4 is 22.8 Å². The van der Waals surface area contributed by atoms with Crippen LogP contribution in [0.3, 0.4) is 0 Å². The van der Waals surface area contributed by atoms with E-state index in [4.69, 9.17) is 9.72 Å². The van der Waals surface area contributed by atoms with Gasteiger partial charge in [0.05, 0.1) is 17.1 Å². The summed E-state index contributed by atoms with van der Waals surface area (Å²) in [7, 11) is 1.62. The second-order valence-electron chi connectivity index (χ2n) is 6.67. The lowest BCUT2D eigenvalue weighted by atomic mass is 10.0. The van der Waals surface area contributed by atoms with Crippen LogP contribution in [0.1, 0.15) is 37.3 Å². The number of anilines is 1. The van der Waals surface area contributed by atoms with E-state index in [0.29, 0.717) is 36.6 Å². The fourth-order valence-corrected chi connectivity index (χ4v) is 3.31. The molecule has 1 aliphatic rings. The standard InChI is InChI=1S/C20H25N5O2/c1-27-13-7-10-22-20(26)15(14-21)18-19(25-11-5-2-6-12-25)24-17-9-4-3-8-16(17)23-18/h3-4,8-9,15H,2,5-7,10-13H2,1H3,(H,22,26)/t15-/m0/s1. The number of carbonyl (C=O) groups is 1. The van der Waals surface area contributed by atoms with Crippen molar-refractivity contribution in [3.63, 3.8) is 0 Å². The Morgan fingerprint density at radius 3 is 2.63 bits per heavy atom. The molecule has 1 aromatic heterocycles. The molecule has 27 heavy (non-hydrogen) atoms. The van der Waals surface area contributed by atoms with Crippen LogP contribution in [0.15, 0.2) is 24.3 Å². The van der Waals surface area contributed by atoms with Crippen LogP contribution in [0.4, 0.5) is 5.82 Å². The van der Waals surface area contributed by atoms with Gasteiger partial charge in [-0.05, 0) is 37.8 Å². The molecular formula is C20H25N5O2. The Bertz CT molecular complexity index is 827. The third-order valence-corrected chi connectivity index (χ3v) is 4.72. The number of amides is 1. The summed E-state index contributed by atoms with van der Waals surface area (Å²) in [6.45, 7) is 2.76. The maximum Gasteiger partial charge on any atom is 0.243 e. The molecule has 0 aliphatic carbocycles. The number of carbonyl (C=O) groups excluding carboxylic acids is 1.